The molecule has 0 radical (unpaired) electrons. The monoisotopic (exact) mass is 344 g/mol. The molecule has 5 heteroatoms. The molecule has 1 aliphatic heterocycles. The van der Waals surface area contributed by atoms with Crippen molar-refractivity contribution in [1.82, 2.24) is 9.80 Å². The number of furan rings is 1. The first kappa shape index (κ1) is 18.0. The van der Waals surface area contributed by atoms with Crippen LogP contribution < -0.4 is 0 Å². The maximum atomic E-state index is 12.9. The number of fused-ring (bicyclic) bond motifs is 1. The Hall–Kier alpha value is -1.85. The summed E-state index contributed by atoms with van der Waals surface area (Å²) in [6, 6.07) is 6.50. The molecule has 1 aromatic heterocycles. The van der Waals surface area contributed by atoms with E-state index >= 15 is 0 Å². The Bertz CT molecular complexity index is 745. The fourth-order valence-corrected chi connectivity index (χ4v) is 3.74. The van der Waals surface area contributed by atoms with E-state index in [1.807, 2.05) is 36.9 Å². The average molecular weight is 344 g/mol. The molecule has 0 atom stereocenters. The molecule has 25 heavy (non-hydrogen) atoms. The first-order chi connectivity index (χ1) is 12.0. The highest BCUT2D eigenvalue weighted by atomic mass is 16.3. The van der Waals surface area contributed by atoms with Gasteiger partial charge in [0.15, 0.2) is 5.76 Å². The number of aliphatic hydroxyl groups excluding tert-OH is 1. The van der Waals surface area contributed by atoms with E-state index in [-0.39, 0.29) is 12.5 Å². The molecule has 5 nitrogen and oxygen atoms in total. The number of hydrogen-bond acceptors (Lipinski definition) is 4. The van der Waals surface area contributed by atoms with Gasteiger partial charge in [-0.3, -0.25) is 4.79 Å². The van der Waals surface area contributed by atoms with Crippen molar-refractivity contribution < 1.29 is 14.3 Å². The average Bonchev–Trinajstić information content (AvgIpc) is 2.97. The number of rotatable bonds is 5. The van der Waals surface area contributed by atoms with Crippen LogP contribution in [0.5, 0.6) is 0 Å². The van der Waals surface area contributed by atoms with Gasteiger partial charge in [-0.2, -0.15) is 0 Å². The lowest BCUT2D eigenvalue weighted by Crippen LogP contribution is -2.45. The summed E-state index contributed by atoms with van der Waals surface area (Å²) in [6.45, 7) is 6.61. The molecule has 0 unspecified atom stereocenters. The predicted octanol–water partition coefficient (Wildman–Crippen LogP) is 2.97. The van der Waals surface area contributed by atoms with Crippen molar-refractivity contribution >= 4 is 16.9 Å². The summed E-state index contributed by atoms with van der Waals surface area (Å²) in [6.07, 6.45) is 2.73. The minimum absolute atomic E-state index is 0.00422. The summed E-state index contributed by atoms with van der Waals surface area (Å²) in [7, 11) is 2.10. The smallest absolute Gasteiger partial charge is 0.289 e. The predicted molar refractivity (Wildman–Crippen MR) is 98.9 cm³/mol. The number of likely N-dealkylation sites (tertiary alicyclic amines) is 1. The van der Waals surface area contributed by atoms with E-state index in [9.17, 15) is 4.79 Å². The number of aryl methyl sites for hydroxylation is 2. The Kier molecular flexibility index (Phi) is 5.45. The van der Waals surface area contributed by atoms with E-state index in [1.165, 1.54) is 0 Å². The van der Waals surface area contributed by atoms with Crippen molar-refractivity contribution in [2.24, 2.45) is 0 Å². The molecular formula is C20H28N2O3. The lowest BCUT2D eigenvalue weighted by atomic mass is 10.0. The van der Waals surface area contributed by atoms with E-state index in [2.05, 4.69) is 11.9 Å². The van der Waals surface area contributed by atoms with Crippen molar-refractivity contribution in [1.29, 1.82) is 0 Å². The van der Waals surface area contributed by atoms with Crippen molar-refractivity contribution in [2.75, 3.05) is 33.3 Å². The van der Waals surface area contributed by atoms with Crippen LogP contribution in [0.25, 0.3) is 11.0 Å². The van der Waals surface area contributed by atoms with E-state index < -0.39 is 0 Å². The summed E-state index contributed by atoms with van der Waals surface area (Å²) in [5.74, 6) is 0.487. The second-order valence-corrected chi connectivity index (χ2v) is 7.09. The zero-order valence-electron chi connectivity index (χ0n) is 15.4. The molecule has 3 rings (SSSR count). The standard InChI is InChI=1S/C20H28N2O3/c1-14-6-4-7-17-15(2)19(25-18(14)17)20(24)22-11-8-16(9-12-22)21(3)10-5-13-23/h4,6-7,16,23H,5,8-13H2,1-3H3. The zero-order chi connectivity index (χ0) is 18.0. The zero-order valence-corrected chi connectivity index (χ0v) is 15.4. The van der Waals surface area contributed by atoms with Crippen LogP contribution in [0.4, 0.5) is 0 Å². The van der Waals surface area contributed by atoms with E-state index in [4.69, 9.17) is 9.52 Å². The second-order valence-electron chi connectivity index (χ2n) is 7.09. The van der Waals surface area contributed by atoms with Crippen LogP contribution in [0.1, 0.15) is 40.9 Å². The van der Waals surface area contributed by atoms with Crippen LogP contribution in [0.3, 0.4) is 0 Å². The molecule has 0 aliphatic carbocycles. The van der Waals surface area contributed by atoms with Gasteiger partial charge in [-0.05, 0) is 45.7 Å². The quantitative estimate of drug-likeness (QED) is 0.906. The summed E-state index contributed by atoms with van der Waals surface area (Å²) in [4.78, 5) is 17.1. The van der Waals surface area contributed by atoms with Crippen LogP contribution in [0.2, 0.25) is 0 Å². The Labute approximate surface area is 149 Å². The number of carbonyl (C=O) groups excluding carboxylic acids is 1. The highest BCUT2D eigenvalue weighted by molar-refractivity contribution is 5.99. The third kappa shape index (κ3) is 3.58. The van der Waals surface area contributed by atoms with Gasteiger partial charge in [0.25, 0.3) is 5.91 Å². The number of carbonyl (C=O) groups is 1. The highest BCUT2D eigenvalue weighted by Gasteiger charge is 2.29. The number of benzene rings is 1. The van der Waals surface area contributed by atoms with Crippen LogP contribution >= 0.6 is 0 Å². The third-order valence-corrected chi connectivity index (χ3v) is 5.40. The second kappa shape index (κ2) is 7.58. The first-order valence-electron chi connectivity index (χ1n) is 9.12. The fourth-order valence-electron chi connectivity index (χ4n) is 3.74. The molecule has 1 saturated heterocycles. The van der Waals surface area contributed by atoms with Gasteiger partial charge in [0.05, 0.1) is 0 Å². The molecule has 0 saturated carbocycles. The van der Waals surface area contributed by atoms with Crippen molar-refractivity contribution in [2.45, 2.75) is 39.2 Å². The molecule has 136 valence electrons. The lowest BCUT2D eigenvalue weighted by molar-refractivity contribution is 0.0612. The Balaban J connectivity index is 1.69. The number of aliphatic hydroxyl groups is 1. The van der Waals surface area contributed by atoms with Crippen molar-refractivity contribution in [3.8, 4) is 0 Å². The van der Waals surface area contributed by atoms with Gasteiger partial charge in [0, 0.05) is 43.2 Å². The molecule has 1 aliphatic rings. The third-order valence-electron chi connectivity index (χ3n) is 5.40. The fraction of sp³-hybridized carbons (Fsp3) is 0.550. The van der Waals surface area contributed by atoms with Gasteiger partial charge in [0.1, 0.15) is 5.58 Å². The minimum atomic E-state index is 0.00422. The largest absolute Gasteiger partial charge is 0.450 e. The number of para-hydroxylation sites is 1. The Morgan fingerprint density at radius 3 is 2.68 bits per heavy atom. The minimum Gasteiger partial charge on any atom is -0.450 e. The lowest BCUT2D eigenvalue weighted by Gasteiger charge is -2.36. The van der Waals surface area contributed by atoms with Gasteiger partial charge in [-0.1, -0.05) is 18.2 Å². The van der Waals surface area contributed by atoms with Gasteiger partial charge in [-0.15, -0.1) is 0 Å². The molecule has 1 aromatic carbocycles. The maximum absolute atomic E-state index is 12.9. The SMILES string of the molecule is Cc1c(C(=O)N2CCC(N(C)CCCO)CC2)oc2c(C)cccc12. The Morgan fingerprint density at radius 1 is 1.32 bits per heavy atom. The molecule has 1 N–H and O–H groups in total. The molecule has 2 heterocycles. The van der Waals surface area contributed by atoms with E-state index in [1.54, 1.807) is 0 Å². The highest BCUT2D eigenvalue weighted by Crippen LogP contribution is 2.29. The van der Waals surface area contributed by atoms with Crippen LogP contribution in [0, 0.1) is 13.8 Å². The molecule has 0 bridgehead atoms. The number of amides is 1. The summed E-state index contributed by atoms with van der Waals surface area (Å²) in [5, 5.41) is 10.00. The van der Waals surface area contributed by atoms with Crippen molar-refractivity contribution in [3.05, 3.63) is 35.1 Å². The first-order valence-corrected chi connectivity index (χ1v) is 9.12. The number of hydrogen-bond donors (Lipinski definition) is 1. The summed E-state index contributed by atoms with van der Waals surface area (Å²) < 4.78 is 5.94. The molecule has 1 amide bonds. The van der Waals surface area contributed by atoms with Gasteiger partial charge >= 0.3 is 0 Å². The molecule has 0 spiro atoms. The van der Waals surface area contributed by atoms with Gasteiger partial charge in [0.2, 0.25) is 0 Å². The van der Waals surface area contributed by atoms with Crippen molar-refractivity contribution in [3.63, 3.8) is 0 Å². The molecule has 2 aromatic rings. The topological polar surface area (TPSA) is 56.9 Å². The number of piperidine rings is 1. The maximum Gasteiger partial charge on any atom is 0.289 e. The van der Waals surface area contributed by atoms with E-state index in [0.29, 0.717) is 11.8 Å². The normalized spacial score (nSPS) is 16.1. The van der Waals surface area contributed by atoms with Crippen LogP contribution in [0.15, 0.2) is 22.6 Å². The Morgan fingerprint density at radius 2 is 2.04 bits per heavy atom. The molecular weight excluding hydrogens is 316 g/mol. The van der Waals surface area contributed by atoms with Gasteiger partial charge in [-0.25, -0.2) is 0 Å². The summed E-state index contributed by atoms with van der Waals surface area (Å²) >= 11 is 0. The summed E-state index contributed by atoms with van der Waals surface area (Å²) in [5.41, 5.74) is 2.82. The van der Waals surface area contributed by atoms with Crippen LogP contribution in [-0.2, 0) is 0 Å². The van der Waals surface area contributed by atoms with Crippen LogP contribution in [-0.4, -0.2) is 60.1 Å². The van der Waals surface area contributed by atoms with Gasteiger partial charge < -0.3 is 19.3 Å². The van der Waals surface area contributed by atoms with E-state index in [0.717, 1.165) is 61.0 Å². The number of nitrogens with zero attached hydrogens (tertiary/aromatic N) is 2. The molecule has 1 fully saturated rings.